The number of aromatic nitrogens is 1. The van der Waals surface area contributed by atoms with Crippen LogP contribution in [0.4, 0.5) is 0 Å². The molecule has 0 bridgehead atoms. The Balaban J connectivity index is 0.000000187. The number of hydrogen-bond donors (Lipinski definition) is 0. The van der Waals surface area contributed by atoms with E-state index in [1.807, 2.05) is 41.8 Å². The zero-order valence-corrected chi connectivity index (χ0v) is 9.35. The summed E-state index contributed by atoms with van der Waals surface area (Å²) >= 11 is 1.60. The lowest BCUT2D eigenvalue weighted by Gasteiger charge is -1.89. The minimum atomic E-state index is 1.16. The smallest absolute Gasteiger partial charge is 0.0830 e. The number of hydrogen-bond acceptors (Lipinski definition) is 3. The molecule has 0 aliphatic carbocycles. The summed E-state index contributed by atoms with van der Waals surface area (Å²) < 4.78 is 4.77. The zero-order chi connectivity index (χ0) is 10.8. The average Bonchev–Trinajstić information content (AvgIpc) is 2.86. The second-order valence-electron chi connectivity index (χ2n) is 2.62. The number of rotatable bonds is 2. The first-order chi connectivity index (χ1) is 7.43. The lowest BCUT2D eigenvalue weighted by Crippen LogP contribution is -1.69. The van der Waals surface area contributed by atoms with Gasteiger partial charge in [0.2, 0.25) is 0 Å². The summed E-state index contributed by atoms with van der Waals surface area (Å²) in [5, 5.41) is 1.93. The van der Waals surface area contributed by atoms with Crippen molar-refractivity contribution in [2.24, 2.45) is 0 Å². The maximum absolute atomic E-state index is 4.77. The van der Waals surface area contributed by atoms with E-state index in [9.17, 15) is 0 Å². The van der Waals surface area contributed by atoms with Crippen LogP contribution in [0.1, 0.15) is 5.56 Å². The first-order valence-corrected chi connectivity index (χ1v) is 5.44. The fraction of sp³-hybridized carbons (Fsp3) is 0.0833. The van der Waals surface area contributed by atoms with Gasteiger partial charge in [-0.25, -0.2) is 0 Å². The minimum absolute atomic E-state index is 1.16. The maximum atomic E-state index is 4.77. The van der Waals surface area contributed by atoms with Crippen LogP contribution in [0.2, 0.25) is 0 Å². The van der Waals surface area contributed by atoms with Gasteiger partial charge in [-0.15, -0.1) is 11.3 Å². The molecule has 0 aliphatic heterocycles. The Morgan fingerprint density at radius 1 is 1.27 bits per heavy atom. The largest absolute Gasteiger partial charge is 0.504 e. The maximum Gasteiger partial charge on any atom is 0.0830 e. The molecule has 0 aliphatic rings. The van der Waals surface area contributed by atoms with E-state index in [4.69, 9.17) is 4.74 Å². The normalized spacial score (nSPS) is 9.40. The van der Waals surface area contributed by atoms with Gasteiger partial charge >= 0.3 is 0 Å². The van der Waals surface area contributed by atoms with E-state index in [1.165, 1.54) is 0 Å². The first-order valence-electron chi connectivity index (χ1n) is 4.50. The molecule has 0 N–H and O–H groups in total. The highest BCUT2D eigenvalue weighted by atomic mass is 32.1. The molecule has 0 amide bonds. The molecule has 2 nitrogen and oxygen atoms in total. The summed E-state index contributed by atoms with van der Waals surface area (Å²) in [6.45, 7) is 0. The third-order valence-electron chi connectivity index (χ3n) is 1.54. The quantitative estimate of drug-likeness (QED) is 0.722. The molecule has 1 aromatic carbocycles. The highest BCUT2D eigenvalue weighted by Crippen LogP contribution is 1.99. The Morgan fingerprint density at radius 2 is 2.07 bits per heavy atom. The SMILES string of the molecule is COC=Cc1ccccc1.c1cscn1. The Hall–Kier alpha value is -1.61. The van der Waals surface area contributed by atoms with Gasteiger partial charge < -0.3 is 4.74 Å². The molecule has 1 aromatic heterocycles. The standard InChI is InChI=1S/C9H10O.C3H3NS/c1-10-8-7-9-5-3-2-4-6-9;1-2-5-3-4-1/h2-8H,1H3;1-3H. The van der Waals surface area contributed by atoms with Gasteiger partial charge in [0.15, 0.2) is 0 Å². The van der Waals surface area contributed by atoms with Crippen molar-refractivity contribution in [2.75, 3.05) is 7.11 Å². The van der Waals surface area contributed by atoms with Crippen molar-refractivity contribution < 1.29 is 4.74 Å². The van der Waals surface area contributed by atoms with Crippen LogP contribution >= 0.6 is 11.3 Å². The van der Waals surface area contributed by atoms with Gasteiger partial charge in [-0.1, -0.05) is 30.3 Å². The van der Waals surface area contributed by atoms with Crippen LogP contribution in [0.3, 0.4) is 0 Å². The van der Waals surface area contributed by atoms with Gasteiger partial charge in [-0.05, 0) is 11.6 Å². The number of benzene rings is 1. The number of nitrogens with zero attached hydrogens (tertiary/aromatic N) is 1. The topological polar surface area (TPSA) is 22.1 Å². The highest BCUT2D eigenvalue weighted by molar-refractivity contribution is 7.07. The van der Waals surface area contributed by atoms with E-state index in [0.29, 0.717) is 0 Å². The zero-order valence-electron chi connectivity index (χ0n) is 8.54. The van der Waals surface area contributed by atoms with Gasteiger partial charge in [-0.3, -0.25) is 4.98 Å². The molecule has 0 unspecified atom stereocenters. The molecule has 1 heterocycles. The van der Waals surface area contributed by atoms with Crippen molar-refractivity contribution in [1.82, 2.24) is 4.98 Å². The van der Waals surface area contributed by atoms with Gasteiger partial charge in [0, 0.05) is 11.6 Å². The van der Waals surface area contributed by atoms with E-state index < -0.39 is 0 Å². The van der Waals surface area contributed by atoms with Crippen molar-refractivity contribution in [3.8, 4) is 0 Å². The Bertz CT molecular complexity index is 339. The summed E-state index contributed by atoms with van der Waals surface area (Å²) in [6.07, 6.45) is 5.35. The predicted molar refractivity (Wildman–Crippen MR) is 64.6 cm³/mol. The van der Waals surface area contributed by atoms with Crippen LogP contribution in [-0.2, 0) is 4.74 Å². The molecule has 2 aromatic rings. The molecule has 2 rings (SSSR count). The summed E-state index contributed by atoms with van der Waals surface area (Å²) in [5.74, 6) is 0. The molecule has 0 atom stereocenters. The molecular weight excluding hydrogens is 206 g/mol. The number of thiazole rings is 1. The van der Waals surface area contributed by atoms with E-state index in [2.05, 4.69) is 4.98 Å². The Labute approximate surface area is 93.9 Å². The highest BCUT2D eigenvalue weighted by Gasteiger charge is 1.79. The minimum Gasteiger partial charge on any atom is -0.504 e. The first kappa shape index (κ1) is 11.5. The average molecular weight is 219 g/mol. The number of methoxy groups -OCH3 is 1. The van der Waals surface area contributed by atoms with E-state index in [1.54, 1.807) is 36.4 Å². The third-order valence-corrected chi connectivity index (χ3v) is 2.07. The van der Waals surface area contributed by atoms with Crippen molar-refractivity contribution >= 4 is 17.4 Å². The molecule has 0 spiro atoms. The van der Waals surface area contributed by atoms with Gasteiger partial charge in [0.1, 0.15) is 0 Å². The second-order valence-corrected chi connectivity index (χ2v) is 3.38. The van der Waals surface area contributed by atoms with Crippen LogP contribution in [-0.4, -0.2) is 12.1 Å². The molecule has 0 saturated carbocycles. The monoisotopic (exact) mass is 219 g/mol. The van der Waals surface area contributed by atoms with Crippen molar-refractivity contribution in [1.29, 1.82) is 0 Å². The van der Waals surface area contributed by atoms with Crippen molar-refractivity contribution in [3.05, 3.63) is 59.2 Å². The van der Waals surface area contributed by atoms with E-state index in [-0.39, 0.29) is 0 Å². The third kappa shape index (κ3) is 5.65. The Kier molecular flexibility index (Phi) is 5.93. The van der Waals surface area contributed by atoms with Crippen molar-refractivity contribution in [2.45, 2.75) is 0 Å². The molecule has 0 radical (unpaired) electrons. The fourth-order valence-electron chi connectivity index (χ4n) is 0.886. The van der Waals surface area contributed by atoms with Crippen LogP contribution in [0.15, 0.2) is 53.7 Å². The van der Waals surface area contributed by atoms with Gasteiger partial charge in [-0.2, -0.15) is 0 Å². The van der Waals surface area contributed by atoms with Gasteiger partial charge in [0.25, 0.3) is 0 Å². The molecule has 78 valence electrons. The molecule has 0 fully saturated rings. The van der Waals surface area contributed by atoms with Crippen LogP contribution < -0.4 is 0 Å². The molecular formula is C12H13NOS. The lowest BCUT2D eigenvalue weighted by molar-refractivity contribution is 0.341. The van der Waals surface area contributed by atoms with Crippen LogP contribution in [0.25, 0.3) is 6.08 Å². The van der Waals surface area contributed by atoms with Crippen LogP contribution in [0.5, 0.6) is 0 Å². The predicted octanol–water partition coefficient (Wildman–Crippen LogP) is 3.45. The summed E-state index contributed by atoms with van der Waals surface area (Å²) in [7, 11) is 1.64. The number of ether oxygens (including phenoxy) is 1. The van der Waals surface area contributed by atoms with Crippen molar-refractivity contribution in [3.63, 3.8) is 0 Å². The van der Waals surface area contributed by atoms with E-state index >= 15 is 0 Å². The molecule has 0 saturated heterocycles. The summed E-state index contributed by atoms with van der Waals surface area (Å²) in [5.41, 5.74) is 2.95. The van der Waals surface area contributed by atoms with Crippen LogP contribution in [0, 0.1) is 0 Å². The Morgan fingerprint density at radius 3 is 2.53 bits per heavy atom. The molecule has 15 heavy (non-hydrogen) atoms. The second kappa shape index (κ2) is 7.76. The summed E-state index contributed by atoms with van der Waals surface area (Å²) in [6, 6.07) is 10.0. The summed E-state index contributed by atoms with van der Waals surface area (Å²) in [4.78, 5) is 3.74. The molecule has 3 heteroatoms. The van der Waals surface area contributed by atoms with Gasteiger partial charge in [0.05, 0.1) is 18.9 Å². The van der Waals surface area contributed by atoms with E-state index in [0.717, 1.165) is 5.56 Å². The fourth-order valence-corrected chi connectivity index (χ4v) is 1.24. The lowest BCUT2D eigenvalue weighted by atomic mass is 10.2.